The van der Waals surface area contributed by atoms with Crippen molar-refractivity contribution in [3.05, 3.63) is 58.9 Å². The molecule has 0 saturated heterocycles. The Kier molecular flexibility index (Phi) is 3.61. The number of ether oxygens (including phenoxy) is 3. The normalized spacial score (nSPS) is 15.3. The third kappa shape index (κ3) is 2.80. The summed E-state index contributed by atoms with van der Waals surface area (Å²) < 4.78 is 28.5. The van der Waals surface area contributed by atoms with Gasteiger partial charge in [0, 0.05) is 5.56 Å². The SMILES string of the molecule is Cc1cc2c(cc1C(=O)c1ccccc1F)OC(OC(=O)O)O2. The molecule has 0 aliphatic carbocycles. The quantitative estimate of drug-likeness (QED) is 0.691. The molecule has 1 aliphatic rings. The molecule has 2 aromatic rings. The smallest absolute Gasteiger partial charge is 0.450 e. The van der Waals surface area contributed by atoms with Gasteiger partial charge in [0.05, 0.1) is 5.56 Å². The third-order valence-corrected chi connectivity index (χ3v) is 3.30. The second-order valence-corrected chi connectivity index (χ2v) is 4.83. The zero-order chi connectivity index (χ0) is 16.6. The van der Waals surface area contributed by atoms with Crippen LogP contribution in [0.1, 0.15) is 21.5 Å². The van der Waals surface area contributed by atoms with E-state index in [1.165, 1.54) is 30.3 Å². The number of fused-ring (bicyclic) bond motifs is 1. The fourth-order valence-electron chi connectivity index (χ4n) is 2.24. The first kappa shape index (κ1) is 14.8. The van der Waals surface area contributed by atoms with Crippen molar-refractivity contribution in [1.29, 1.82) is 0 Å². The minimum absolute atomic E-state index is 0.0622. The van der Waals surface area contributed by atoms with Crippen molar-refractivity contribution in [2.45, 2.75) is 13.4 Å². The second-order valence-electron chi connectivity index (χ2n) is 4.83. The molecule has 0 spiro atoms. The zero-order valence-electron chi connectivity index (χ0n) is 11.9. The zero-order valence-corrected chi connectivity index (χ0v) is 11.9. The molecular weight excluding hydrogens is 307 g/mol. The van der Waals surface area contributed by atoms with Gasteiger partial charge in [0.1, 0.15) is 5.82 Å². The lowest BCUT2D eigenvalue weighted by Gasteiger charge is -2.07. The number of halogens is 1. The lowest BCUT2D eigenvalue weighted by molar-refractivity contribution is -0.147. The van der Waals surface area contributed by atoms with Crippen LogP contribution in [0.2, 0.25) is 0 Å². The molecule has 0 aromatic heterocycles. The van der Waals surface area contributed by atoms with E-state index in [-0.39, 0.29) is 22.6 Å². The van der Waals surface area contributed by atoms with Crippen molar-refractivity contribution in [3.8, 4) is 11.5 Å². The summed E-state index contributed by atoms with van der Waals surface area (Å²) in [5.74, 6) is -0.725. The first-order valence-electron chi connectivity index (χ1n) is 6.62. The predicted octanol–water partition coefficient (Wildman–Crippen LogP) is 3.11. The van der Waals surface area contributed by atoms with Crippen LogP contribution >= 0.6 is 0 Å². The van der Waals surface area contributed by atoms with Crippen molar-refractivity contribution in [1.82, 2.24) is 0 Å². The van der Waals surface area contributed by atoms with Crippen LogP contribution in [0.25, 0.3) is 0 Å². The van der Waals surface area contributed by atoms with E-state index in [1.807, 2.05) is 0 Å². The number of carboxylic acid groups (broad SMARTS) is 1. The summed E-state index contributed by atoms with van der Waals surface area (Å²) in [6, 6.07) is 8.53. The molecule has 1 heterocycles. The van der Waals surface area contributed by atoms with E-state index < -0.39 is 24.2 Å². The highest BCUT2D eigenvalue weighted by atomic mass is 19.1. The maximum atomic E-state index is 13.8. The summed E-state index contributed by atoms with van der Waals surface area (Å²) in [5.41, 5.74) is 0.706. The third-order valence-electron chi connectivity index (χ3n) is 3.30. The highest BCUT2D eigenvalue weighted by molar-refractivity contribution is 6.10. The van der Waals surface area contributed by atoms with Crippen LogP contribution in [-0.2, 0) is 4.74 Å². The largest absolute Gasteiger partial charge is 0.511 e. The highest BCUT2D eigenvalue weighted by Crippen LogP contribution is 2.38. The number of ketones is 1. The van der Waals surface area contributed by atoms with Crippen LogP contribution in [0, 0.1) is 12.7 Å². The summed E-state index contributed by atoms with van der Waals surface area (Å²) in [4.78, 5) is 23.0. The van der Waals surface area contributed by atoms with Crippen LogP contribution in [0.5, 0.6) is 11.5 Å². The average molecular weight is 318 g/mol. The Balaban J connectivity index is 1.93. The molecular formula is C16H11FO6. The van der Waals surface area contributed by atoms with Crippen LogP contribution < -0.4 is 9.47 Å². The van der Waals surface area contributed by atoms with Crippen molar-refractivity contribution in [2.75, 3.05) is 0 Å². The maximum Gasteiger partial charge on any atom is 0.511 e. The summed E-state index contributed by atoms with van der Waals surface area (Å²) in [6.07, 6.45) is -1.55. The molecule has 1 N–H and O–H groups in total. The standard InChI is InChI=1S/C16H11FO6/c1-8-6-12-13(22-16(21-12)23-15(19)20)7-10(8)14(18)9-4-2-3-5-11(9)17/h2-7,16H,1H3,(H,19,20). The lowest BCUT2D eigenvalue weighted by atomic mass is 9.98. The minimum atomic E-state index is -1.55. The molecule has 3 rings (SSSR count). The van der Waals surface area contributed by atoms with Gasteiger partial charge < -0.3 is 19.3 Å². The molecule has 7 heteroatoms. The molecule has 0 amide bonds. The number of aryl methyl sites for hydroxylation is 1. The topological polar surface area (TPSA) is 82.1 Å². The van der Waals surface area contributed by atoms with E-state index in [4.69, 9.17) is 14.6 Å². The van der Waals surface area contributed by atoms with Crippen molar-refractivity contribution in [3.63, 3.8) is 0 Å². The Hall–Kier alpha value is -3.09. The number of benzene rings is 2. The van der Waals surface area contributed by atoms with E-state index in [1.54, 1.807) is 13.0 Å². The number of carbonyl (C=O) groups is 2. The van der Waals surface area contributed by atoms with Crippen LogP contribution in [0.4, 0.5) is 9.18 Å². The molecule has 0 saturated carbocycles. The fourth-order valence-corrected chi connectivity index (χ4v) is 2.24. The first-order valence-corrected chi connectivity index (χ1v) is 6.62. The van der Waals surface area contributed by atoms with Gasteiger partial charge in [-0.25, -0.2) is 9.18 Å². The van der Waals surface area contributed by atoms with Gasteiger partial charge in [0.25, 0.3) is 0 Å². The van der Waals surface area contributed by atoms with E-state index in [0.717, 1.165) is 0 Å². The molecule has 1 unspecified atom stereocenters. The Bertz CT molecular complexity index is 801. The van der Waals surface area contributed by atoms with E-state index in [0.29, 0.717) is 5.56 Å². The van der Waals surface area contributed by atoms with Gasteiger partial charge in [0.15, 0.2) is 17.3 Å². The molecule has 6 nitrogen and oxygen atoms in total. The van der Waals surface area contributed by atoms with Crippen molar-refractivity contribution >= 4 is 11.9 Å². The number of carbonyl (C=O) groups excluding carboxylic acids is 1. The van der Waals surface area contributed by atoms with Gasteiger partial charge in [-0.15, -0.1) is 0 Å². The van der Waals surface area contributed by atoms with E-state index in [9.17, 15) is 14.0 Å². The number of hydrogen-bond donors (Lipinski definition) is 1. The Morgan fingerprint density at radius 3 is 2.43 bits per heavy atom. The van der Waals surface area contributed by atoms with Gasteiger partial charge in [-0.05, 0) is 36.8 Å². The molecule has 0 radical (unpaired) electrons. The summed E-state index contributed by atoms with van der Waals surface area (Å²) >= 11 is 0. The Morgan fingerprint density at radius 1 is 1.13 bits per heavy atom. The molecule has 1 aliphatic heterocycles. The van der Waals surface area contributed by atoms with Gasteiger partial charge in [-0.1, -0.05) is 12.1 Å². The van der Waals surface area contributed by atoms with Gasteiger partial charge in [-0.3, -0.25) is 4.79 Å². The molecule has 0 bridgehead atoms. The highest BCUT2D eigenvalue weighted by Gasteiger charge is 2.30. The summed E-state index contributed by atoms with van der Waals surface area (Å²) in [7, 11) is 0. The van der Waals surface area contributed by atoms with Crippen LogP contribution in [0.15, 0.2) is 36.4 Å². The van der Waals surface area contributed by atoms with E-state index >= 15 is 0 Å². The van der Waals surface area contributed by atoms with Gasteiger partial charge >= 0.3 is 12.6 Å². The molecule has 118 valence electrons. The Morgan fingerprint density at radius 2 is 1.78 bits per heavy atom. The lowest BCUT2D eigenvalue weighted by Crippen LogP contribution is -2.24. The fraction of sp³-hybridized carbons (Fsp3) is 0.125. The van der Waals surface area contributed by atoms with Crippen LogP contribution in [-0.4, -0.2) is 23.5 Å². The van der Waals surface area contributed by atoms with Crippen molar-refractivity contribution in [2.24, 2.45) is 0 Å². The molecule has 23 heavy (non-hydrogen) atoms. The average Bonchev–Trinajstić information content (AvgIpc) is 2.86. The van der Waals surface area contributed by atoms with Gasteiger partial charge in [0.2, 0.25) is 0 Å². The maximum absolute atomic E-state index is 13.8. The van der Waals surface area contributed by atoms with Crippen molar-refractivity contribution < 1.29 is 33.3 Å². The van der Waals surface area contributed by atoms with Gasteiger partial charge in [-0.2, -0.15) is 0 Å². The first-order chi connectivity index (χ1) is 11.0. The number of hydrogen-bond acceptors (Lipinski definition) is 5. The summed E-state index contributed by atoms with van der Waals surface area (Å²) in [5, 5.41) is 8.55. The Labute approximate surface area is 130 Å². The predicted molar refractivity (Wildman–Crippen MR) is 75.2 cm³/mol. The van der Waals surface area contributed by atoms with E-state index in [2.05, 4.69) is 4.74 Å². The molecule has 2 aromatic carbocycles. The minimum Gasteiger partial charge on any atom is -0.450 e. The molecule has 0 fully saturated rings. The monoisotopic (exact) mass is 318 g/mol. The number of rotatable bonds is 3. The van der Waals surface area contributed by atoms with Crippen LogP contribution in [0.3, 0.4) is 0 Å². The molecule has 1 atom stereocenters. The second kappa shape index (κ2) is 5.60. The summed E-state index contributed by atoms with van der Waals surface area (Å²) in [6.45, 7) is 0.226.